The molecule has 1 aromatic carbocycles. The summed E-state index contributed by atoms with van der Waals surface area (Å²) in [6.45, 7) is 0. The van der Waals surface area contributed by atoms with Gasteiger partial charge < -0.3 is 9.30 Å². The second-order valence-corrected chi connectivity index (χ2v) is 2.68. The number of nitrogens with zero attached hydrogens (tertiary/aromatic N) is 2. The zero-order valence-corrected chi connectivity index (χ0v) is 7.11. The third-order valence-corrected chi connectivity index (χ3v) is 1.94. The van der Waals surface area contributed by atoms with Crippen LogP contribution in [0.3, 0.4) is 0 Å². The van der Waals surface area contributed by atoms with Crippen LogP contribution in [-0.4, -0.2) is 16.7 Å². The lowest BCUT2D eigenvalue weighted by Crippen LogP contribution is -1.86. The molecule has 1 aromatic heterocycles. The van der Waals surface area contributed by atoms with Crippen LogP contribution in [0.1, 0.15) is 0 Å². The van der Waals surface area contributed by atoms with E-state index < -0.39 is 0 Å². The molecule has 0 N–H and O–H groups in total. The van der Waals surface area contributed by atoms with E-state index in [2.05, 4.69) is 4.98 Å². The lowest BCUT2D eigenvalue weighted by atomic mass is 10.3. The molecule has 0 aliphatic heterocycles. The number of rotatable bonds is 1. The van der Waals surface area contributed by atoms with Gasteiger partial charge in [0.2, 0.25) is 0 Å². The summed E-state index contributed by atoms with van der Waals surface area (Å²) in [5.41, 5.74) is 2.01. The normalized spacial score (nSPS) is 10.5. The molecule has 3 heteroatoms. The van der Waals surface area contributed by atoms with Crippen LogP contribution in [0.4, 0.5) is 0 Å². The molecule has 2 aromatic rings. The van der Waals surface area contributed by atoms with Crippen molar-refractivity contribution in [3.63, 3.8) is 0 Å². The van der Waals surface area contributed by atoms with Crippen molar-refractivity contribution in [1.82, 2.24) is 9.55 Å². The Kier molecular flexibility index (Phi) is 1.50. The number of benzene rings is 1. The molecule has 0 aliphatic carbocycles. The van der Waals surface area contributed by atoms with Gasteiger partial charge in [-0.1, -0.05) is 6.07 Å². The van der Waals surface area contributed by atoms with Crippen LogP contribution in [0, 0.1) is 0 Å². The van der Waals surface area contributed by atoms with Crippen molar-refractivity contribution in [2.45, 2.75) is 0 Å². The quantitative estimate of drug-likeness (QED) is 0.636. The molecule has 0 atom stereocenters. The molecule has 3 nitrogen and oxygen atoms in total. The molecular formula is C9H10N2O. The Morgan fingerprint density at radius 3 is 3.00 bits per heavy atom. The second-order valence-electron chi connectivity index (χ2n) is 2.68. The number of fused-ring (bicyclic) bond motifs is 1. The molecule has 0 saturated heterocycles. The first-order valence-electron chi connectivity index (χ1n) is 3.77. The van der Waals surface area contributed by atoms with Gasteiger partial charge in [0.1, 0.15) is 11.3 Å². The summed E-state index contributed by atoms with van der Waals surface area (Å²) in [6.07, 6.45) is 1.78. The van der Waals surface area contributed by atoms with Gasteiger partial charge >= 0.3 is 0 Å². The van der Waals surface area contributed by atoms with Crippen LogP contribution < -0.4 is 4.74 Å². The summed E-state index contributed by atoms with van der Waals surface area (Å²) < 4.78 is 7.14. The molecular weight excluding hydrogens is 152 g/mol. The number of para-hydroxylation sites is 1. The van der Waals surface area contributed by atoms with Crippen LogP contribution in [0.25, 0.3) is 11.0 Å². The fourth-order valence-corrected chi connectivity index (χ4v) is 1.30. The zero-order chi connectivity index (χ0) is 8.55. The van der Waals surface area contributed by atoms with Crippen LogP contribution in [0.15, 0.2) is 24.5 Å². The standard InChI is InChI=1S/C9H10N2O/c1-11-6-10-9-7(11)4-3-5-8(9)12-2/h3-6H,1-2H3. The molecule has 0 unspecified atom stereocenters. The van der Waals surface area contributed by atoms with Gasteiger partial charge in [-0.25, -0.2) is 4.98 Å². The van der Waals surface area contributed by atoms with Gasteiger partial charge in [0.05, 0.1) is 19.0 Å². The Morgan fingerprint density at radius 1 is 1.42 bits per heavy atom. The minimum atomic E-state index is 0.827. The maximum absolute atomic E-state index is 5.16. The summed E-state index contributed by atoms with van der Waals surface area (Å²) >= 11 is 0. The average molecular weight is 162 g/mol. The highest BCUT2D eigenvalue weighted by Crippen LogP contribution is 2.22. The van der Waals surface area contributed by atoms with E-state index in [4.69, 9.17) is 4.74 Å². The van der Waals surface area contributed by atoms with Crippen molar-refractivity contribution in [3.05, 3.63) is 24.5 Å². The fraction of sp³-hybridized carbons (Fsp3) is 0.222. The van der Waals surface area contributed by atoms with Crippen molar-refractivity contribution in [3.8, 4) is 5.75 Å². The summed E-state index contributed by atoms with van der Waals surface area (Å²) in [7, 11) is 3.62. The van der Waals surface area contributed by atoms with E-state index in [1.807, 2.05) is 29.8 Å². The smallest absolute Gasteiger partial charge is 0.146 e. The van der Waals surface area contributed by atoms with Gasteiger partial charge in [-0.2, -0.15) is 0 Å². The van der Waals surface area contributed by atoms with Gasteiger partial charge in [0.15, 0.2) is 0 Å². The molecule has 0 saturated carbocycles. The minimum absolute atomic E-state index is 0.827. The van der Waals surface area contributed by atoms with E-state index in [-0.39, 0.29) is 0 Å². The second kappa shape index (κ2) is 2.52. The topological polar surface area (TPSA) is 27.1 Å². The van der Waals surface area contributed by atoms with Crippen LogP contribution in [0.5, 0.6) is 5.75 Å². The third-order valence-electron chi connectivity index (χ3n) is 1.94. The summed E-state index contributed by atoms with van der Waals surface area (Å²) in [4.78, 5) is 4.23. The van der Waals surface area contributed by atoms with Gasteiger partial charge in [-0.05, 0) is 12.1 Å². The van der Waals surface area contributed by atoms with E-state index in [0.29, 0.717) is 0 Å². The third kappa shape index (κ3) is 0.863. The Morgan fingerprint density at radius 2 is 2.25 bits per heavy atom. The summed E-state index contributed by atoms with van der Waals surface area (Å²) in [5.74, 6) is 0.827. The first-order chi connectivity index (χ1) is 5.83. The van der Waals surface area contributed by atoms with E-state index in [1.54, 1.807) is 13.4 Å². The highest BCUT2D eigenvalue weighted by molar-refractivity contribution is 5.81. The van der Waals surface area contributed by atoms with Crippen molar-refractivity contribution >= 4 is 11.0 Å². The van der Waals surface area contributed by atoms with Gasteiger partial charge in [0.25, 0.3) is 0 Å². The van der Waals surface area contributed by atoms with E-state index in [9.17, 15) is 0 Å². The Hall–Kier alpha value is -1.51. The highest BCUT2D eigenvalue weighted by atomic mass is 16.5. The van der Waals surface area contributed by atoms with Gasteiger partial charge in [-0.15, -0.1) is 0 Å². The lowest BCUT2D eigenvalue weighted by molar-refractivity contribution is 0.419. The SMILES string of the molecule is COc1cccc2c1ncn2C. The van der Waals surface area contributed by atoms with Crippen LogP contribution in [0.2, 0.25) is 0 Å². The number of ether oxygens (including phenoxy) is 1. The largest absolute Gasteiger partial charge is 0.494 e. The molecule has 62 valence electrons. The van der Waals surface area contributed by atoms with Crippen LogP contribution in [-0.2, 0) is 7.05 Å². The average Bonchev–Trinajstić information content (AvgIpc) is 2.48. The minimum Gasteiger partial charge on any atom is -0.494 e. The molecule has 0 fully saturated rings. The van der Waals surface area contributed by atoms with Gasteiger partial charge in [-0.3, -0.25) is 0 Å². The Bertz CT molecular complexity index is 406. The predicted molar refractivity (Wildman–Crippen MR) is 47.3 cm³/mol. The number of imidazole rings is 1. The number of hydrogen-bond donors (Lipinski definition) is 0. The molecule has 0 aliphatic rings. The van der Waals surface area contributed by atoms with Crippen molar-refractivity contribution in [1.29, 1.82) is 0 Å². The lowest BCUT2D eigenvalue weighted by Gasteiger charge is -1.99. The van der Waals surface area contributed by atoms with Crippen molar-refractivity contribution in [2.24, 2.45) is 7.05 Å². The molecule has 0 spiro atoms. The zero-order valence-electron chi connectivity index (χ0n) is 7.11. The molecule has 2 rings (SSSR count). The Labute approximate surface area is 70.6 Å². The number of aromatic nitrogens is 2. The molecule has 1 heterocycles. The van der Waals surface area contributed by atoms with Gasteiger partial charge in [0, 0.05) is 7.05 Å². The number of hydrogen-bond acceptors (Lipinski definition) is 2. The monoisotopic (exact) mass is 162 g/mol. The summed E-state index contributed by atoms with van der Waals surface area (Å²) in [5, 5.41) is 0. The van der Waals surface area contributed by atoms with Crippen molar-refractivity contribution in [2.75, 3.05) is 7.11 Å². The fourth-order valence-electron chi connectivity index (χ4n) is 1.30. The van der Waals surface area contributed by atoms with Crippen molar-refractivity contribution < 1.29 is 4.74 Å². The molecule has 12 heavy (non-hydrogen) atoms. The molecule has 0 amide bonds. The summed E-state index contributed by atoms with van der Waals surface area (Å²) in [6, 6.07) is 5.89. The van der Waals surface area contributed by atoms with Crippen LogP contribution >= 0.6 is 0 Å². The van der Waals surface area contributed by atoms with E-state index in [1.165, 1.54) is 0 Å². The Balaban J connectivity index is 2.81. The molecule has 0 radical (unpaired) electrons. The highest BCUT2D eigenvalue weighted by Gasteiger charge is 2.03. The van der Waals surface area contributed by atoms with E-state index in [0.717, 1.165) is 16.8 Å². The maximum Gasteiger partial charge on any atom is 0.146 e. The first-order valence-corrected chi connectivity index (χ1v) is 3.77. The first kappa shape index (κ1) is 7.16. The maximum atomic E-state index is 5.16. The van der Waals surface area contributed by atoms with E-state index >= 15 is 0 Å². The number of aryl methyl sites for hydroxylation is 1. The number of methoxy groups -OCH3 is 1. The predicted octanol–water partition coefficient (Wildman–Crippen LogP) is 1.58. The molecule has 0 bridgehead atoms.